The average molecular weight is 455 g/mol. The van der Waals surface area contributed by atoms with Crippen LogP contribution >= 0.6 is 0 Å². The third kappa shape index (κ3) is 6.17. The van der Waals surface area contributed by atoms with Crippen molar-refractivity contribution in [1.82, 2.24) is 5.32 Å². The van der Waals surface area contributed by atoms with E-state index in [9.17, 15) is 17.6 Å². The van der Waals surface area contributed by atoms with Gasteiger partial charge in [-0.2, -0.15) is 0 Å². The summed E-state index contributed by atoms with van der Waals surface area (Å²) in [6, 6.07) is 22.2. The van der Waals surface area contributed by atoms with Crippen molar-refractivity contribution in [1.29, 1.82) is 0 Å². The summed E-state index contributed by atoms with van der Waals surface area (Å²) in [5.41, 5.74) is 1.68. The van der Waals surface area contributed by atoms with Gasteiger partial charge in [0.15, 0.2) is 0 Å². The van der Waals surface area contributed by atoms with Crippen molar-refractivity contribution >= 4 is 21.6 Å². The fourth-order valence-electron chi connectivity index (χ4n) is 3.49. The minimum Gasteiger partial charge on any atom is -0.347 e. The van der Waals surface area contributed by atoms with Crippen molar-refractivity contribution in [3.8, 4) is 0 Å². The smallest absolute Gasteiger partial charge is 0.251 e. The molecule has 7 heteroatoms. The third-order valence-corrected chi connectivity index (χ3v) is 6.17. The minimum atomic E-state index is -3.66. The molecule has 0 radical (unpaired) electrons. The lowest BCUT2D eigenvalue weighted by atomic mass is 9.94. The second-order valence-corrected chi connectivity index (χ2v) is 10.3. The molecule has 0 heterocycles. The van der Waals surface area contributed by atoms with Crippen molar-refractivity contribution < 1.29 is 17.6 Å². The second-order valence-electron chi connectivity index (χ2n) is 8.41. The predicted molar refractivity (Wildman–Crippen MR) is 126 cm³/mol. The molecule has 0 saturated carbocycles. The Hall–Kier alpha value is -3.19. The highest BCUT2D eigenvalue weighted by Gasteiger charge is 2.23. The van der Waals surface area contributed by atoms with E-state index >= 15 is 0 Å². The first kappa shape index (κ1) is 23.5. The summed E-state index contributed by atoms with van der Waals surface area (Å²) in [5, 5.41) is 3.03. The zero-order valence-electron chi connectivity index (χ0n) is 18.4. The van der Waals surface area contributed by atoms with Crippen LogP contribution in [0.1, 0.15) is 35.3 Å². The van der Waals surface area contributed by atoms with E-state index in [1.54, 1.807) is 42.5 Å². The summed E-state index contributed by atoms with van der Waals surface area (Å²) >= 11 is 0. The number of amides is 1. The average Bonchev–Trinajstić information content (AvgIpc) is 2.72. The Bertz CT molecular complexity index is 1180. The molecule has 3 aromatic carbocycles. The Morgan fingerprint density at radius 3 is 2.12 bits per heavy atom. The van der Waals surface area contributed by atoms with E-state index in [4.69, 9.17) is 0 Å². The van der Waals surface area contributed by atoms with Gasteiger partial charge in [-0.1, -0.05) is 48.5 Å². The Morgan fingerprint density at radius 2 is 1.53 bits per heavy atom. The maximum absolute atomic E-state index is 14.1. The molecule has 0 unspecified atom stereocenters. The van der Waals surface area contributed by atoms with E-state index in [1.807, 2.05) is 44.2 Å². The number of carbonyl (C=O) groups is 1. The Morgan fingerprint density at radius 1 is 0.938 bits per heavy atom. The van der Waals surface area contributed by atoms with Crippen LogP contribution in [0.3, 0.4) is 0 Å². The lowest BCUT2D eigenvalue weighted by molar-refractivity contribution is 0.0913. The summed E-state index contributed by atoms with van der Waals surface area (Å²) < 4.78 is 39.9. The molecular weight excluding hydrogens is 427 g/mol. The standard InChI is InChI=1S/C25H27FN2O3S/c1-25(2,17-19-9-5-4-6-10-19)27-24(29)20-13-15-22(16-14-20)28(32(3,30)31)18-21-11-7-8-12-23(21)26/h4-16H,17-18H2,1-3H3,(H,27,29). The summed E-state index contributed by atoms with van der Waals surface area (Å²) in [4.78, 5) is 12.8. The van der Waals surface area contributed by atoms with Crippen LogP contribution in [-0.2, 0) is 23.0 Å². The van der Waals surface area contributed by atoms with Crippen LogP contribution in [0.5, 0.6) is 0 Å². The normalized spacial score (nSPS) is 11.8. The highest BCUT2D eigenvalue weighted by atomic mass is 32.2. The van der Waals surface area contributed by atoms with Crippen LogP contribution in [0.25, 0.3) is 0 Å². The van der Waals surface area contributed by atoms with Gasteiger partial charge in [-0.25, -0.2) is 12.8 Å². The van der Waals surface area contributed by atoms with Crippen LogP contribution in [0.2, 0.25) is 0 Å². The van der Waals surface area contributed by atoms with E-state index in [-0.39, 0.29) is 18.0 Å². The van der Waals surface area contributed by atoms with Crippen molar-refractivity contribution in [3.05, 3.63) is 101 Å². The van der Waals surface area contributed by atoms with Gasteiger partial charge in [-0.3, -0.25) is 9.10 Å². The van der Waals surface area contributed by atoms with Crippen LogP contribution in [-0.4, -0.2) is 26.1 Å². The maximum atomic E-state index is 14.1. The fourth-order valence-corrected chi connectivity index (χ4v) is 4.37. The van der Waals surface area contributed by atoms with Gasteiger partial charge in [0, 0.05) is 16.7 Å². The van der Waals surface area contributed by atoms with Crippen molar-refractivity contribution in [2.45, 2.75) is 32.4 Å². The highest BCUT2D eigenvalue weighted by molar-refractivity contribution is 7.92. The molecule has 32 heavy (non-hydrogen) atoms. The van der Waals surface area contributed by atoms with Crippen LogP contribution in [0.4, 0.5) is 10.1 Å². The Labute approximate surface area is 188 Å². The van der Waals surface area contributed by atoms with Crippen LogP contribution in [0.15, 0.2) is 78.9 Å². The molecule has 0 bridgehead atoms. The zero-order valence-corrected chi connectivity index (χ0v) is 19.2. The maximum Gasteiger partial charge on any atom is 0.251 e. The number of benzene rings is 3. The topological polar surface area (TPSA) is 66.5 Å². The number of sulfonamides is 1. The number of rotatable bonds is 8. The van der Waals surface area contributed by atoms with Gasteiger partial charge in [0.25, 0.3) is 5.91 Å². The van der Waals surface area contributed by atoms with Gasteiger partial charge >= 0.3 is 0 Å². The molecule has 0 saturated heterocycles. The van der Waals surface area contributed by atoms with Gasteiger partial charge in [-0.15, -0.1) is 0 Å². The number of halogens is 1. The Kier molecular flexibility index (Phi) is 6.99. The first-order chi connectivity index (χ1) is 15.0. The lowest BCUT2D eigenvalue weighted by Crippen LogP contribution is -2.45. The first-order valence-corrected chi connectivity index (χ1v) is 12.1. The van der Waals surface area contributed by atoms with E-state index in [0.717, 1.165) is 16.1 Å². The predicted octanol–water partition coefficient (Wildman–Crippen LogP) is 4.54. The highest BCUT2D eigenvalue weighted by Crippen LogP contribution is 2.23. The van der Waals surface area contributed by atoms with E-state index < -0.39 is 21.4 Å². The molecule has 0 aliphatic heterocycles. The summed E-state index contributed by atoms with van der Waals surface area (Å²) in [6.07, 6.45) is 1.74. The molecule has 3 rings (SSSR count). The molecule has 0 aliphatic carbocycles. The van der Waals surface area contributed by atoms with Gasteiger partial charge in [0.2, 0.25) is 10.0 Å². The van der Waals surface area contributed by atoms with E-state index in [0.29, 0.717) is 17.7 Å². The summed E-state index contributed by atoms with van der Waals surface area (Å²) in [7, 11) is -3.66. The molecule has 168 valence electrons. The van der Waals surface area contributed by atoms with Crippen molar-refractivity contribution in [2.24, 2.45) is 0 Å². The monoisotopic (exact) mass is 454 g/mol. The number of hydrogen-bond donors (Lipinski definition) is 1. The number of nitrogens with one attached hydrogen (secondary N) is 1. The van der Waals surface area contributed by atoms with E-state index in [1.165, 1.54) is 6.07 Å². The molecule has 0 fully saturated rings. The molecule has 5 nitrogen and oxygen atoms in total. The number of nitrogens with zero attached hydrogens (tertiary/aromatic N) is 1. The van der Waals surface area contributed by atoms with Crippen LogP contribution in [0, 0.1) is 5.82 Å². The van der Waals surface area contributed by atoms with Gasteiger partial charge in [0.05, 0.1) is 18.5 Å². The molecule has 0 aromatic heterocycles. The van der Waals surface area contributed by atoms with Gasteiger partial charge in [0.1, 0.15) is 5.82 Å². The number of hydrogen-bond acceptors (Lipinski definition) is 3. The molecule has 1 N–H and O–H groups in total. The summed E-state index contributed by atoms with van der Waals surface area (Å²) in [6.45, 7) is 3.76. The second kappa shape index (κ2) is 9.53. The molecule has 1 amide bonds. The van der Waals surface area contributed by atoms with Gasteiger partial charge < -0.3 is 5.32 Å². The van der Waals surface area contributed by atoms with E-state index in [2.05, 4.69) is 5.32 Å². The molecule has 3 aromatic rings. The third-order valence-electron chi connectivity index (χ3n) is 5.03. The largest absolute Gasteiger partial charge is 0.347 e. The quantitative estimate of drug-likeness (QED) is 0.543. The minimum absolute atomic E-state index is 0.138. The SMILES string of the molecule is CC(C)(Cc1ccccc1)NC(=O)c1ccc(N(Cc2ccccc2F)S(C)(=O)=O)cc1. The van der Waals surface area contributed by atoms with Crippen LogP contribution < -0.4 is 9.62 Å². The molecule has 0 aliphatic rings. The number of carbonyl (C=O) groups excluding carboxylic acids is 1. The Balaban J connectivity index is 1.76. The zero-order chi connectivity index (χ0) is 23.4. The number of anilines is 1. The molecule has 0 spiro atoms. The fraction of sp³-hybridized carbons (Fsp3) is 0.240. The van der Waals surface area contributed by atoms with Gasteiger partial charge in [-0.05, 0) is 56.2 Å². The first-order valence-electron chi connectivity index (χ1n) is 10.2. The van der Waals surface area contributed by atoms with Crippen molar-refractivity contribution in [3.63, 3.8) is 0 Å². The molecular formula is C25H27FN2O3S. The lowest BCUT2D eigenvalue weighted by Gasteiger charge is -2.27. The van der Waals surface area contributed by atoms with Crippen molar-refractivity contribution in [2.75, 3.05) is 10.6 Å². The summed E-state index contributed by atoms with van der Waals surface area (Å²) in [5.74, 6) is -0.727. The molecule has 0 atom stereocenters.